The SMILES string of the molecule is NC(c1ncc(Br)cc1Br)C1CCOC2(CCCC2)C1. The van der Waals surface area contributed by atoms with E-state index in [-0.39, 0.29) is 11.6 Å². The van der Waals surface area contributed by atoms with Gasteiger partial charge < -0.3 is 10.5 Å². The molecule has 0 bridgehead atoms. The average molecular weight is 404 g/mol. The largest absolute Gasteiger partial charge is 0.375 e. The van der Waals surface area contributed by atoms with Crippen molar-refractivity contribution in [3.8, 4) is 0 Å². The fourth-order valence-electron chi connectivity index (χ4n) is 3.63. The van der Waals surface area contributed by atoms with Crippen molar-refractivity contribution in [1.82, 2.24) is 4.98 Å². The van der Waals surface area contributed by atoms with Crippen LogP contribution in [0.25, 0.3) is 0 Å². The first kappa shape index (κ1) is 14.9. The number of aromatic nitrogens is 1. The standard InChI is InChI=1S/C15H20Br2N2O/c16-11-7-12(17)14(19-9-11)13(18)10-3-6-20-15(8-10)4-1-2-5-15/h7,9-10,13H,1-6,8,18H2. The van der Waals surface area contributed by atoms with Crippen LogP contribution in [0, 0.1) is 5.92 Å². The van der Waals surface area contributed by atoms with Crippen LogP contribution in [0.15, 0.2) is 21.2 Å². The van der Waals surface area contributed by atoms with Gasteiger partial charge >= 0.3 is 0 Å². The number of pyridine rings is 1. The van der Waals surface area contributed by atoms with Crippen LogP contribution in [0.1, 0.15) is 50.3 Å². The van der Waals surface area contributed by atoms with E-state index < -0.39 is 0 Å². The van der Waals surface area contributed by atoms with Gasteiger partial charge in [0.25, 0.3) is 0 Å². The van der Waals surface area contributed by atoms with Gasteiger partial charge in [-0.05, 0) is 69.5 Å². The molecule has 0 amide bonds. The molecule has 1 spiro atoms. The van der Waals surface area contributed by atoms with Crippen LogP contribution in [0.2, 0.25) is 0 Å². The first-order valence-corrected chi connectivity index (χ1v) is 8.89. The number of nitrogens with two attached hydrogens (primary N) is 1. The lowest BCUT2D eigenvalue weighted by molar-refractivity contribution is -0.0965. The number of ether oxygens (including phenoxy) is 1. The maximum absolute atomic E-state index is 6.51. The van der Waals surface area contributed by atoms with Crippen molar-refractivity contribution >= 4 is 31.9 Å². The van der Waals surface area contributed by atoms with E-state index in [1.807, 2.05) is 12.3 Å². The molecule has 0 radical (unpaired) electrons. The number of nitrogens with zero attached hydrogens (tertiary/aromatic N) is 1. The zero-order chi connectivity index (χ0) is 14.2. The molecule has 5 heteroatoms. The second-order valence-electron chi connectivity index (χ2n) is 6.04. The summed E-state index contributed by atoms with van der Waals surface area (Å²) < 4.78 is 8.06. The van der Waals surface area contributed by atoms with Crippen LogP contribution in [0.4, 0.5) is 0 Å². The summed E-state index contributed by atoms with van der Waals surface area (Å²) in [5.74, 6) is 0.465. The zero-order valence-electron chi connectivity index (χ0n) is 11.4. The normalized spacial score (nSPS) is 26.9. The topological polar surface area (TPSA) is 48.1 Å². The van der Waals surface area contributed by atoms with Crippen molar-refractivity contribution in [2.24, 2.45) is 11.7 Å². The van der Waals surface area contributed by atoms with Gasteiger partial charge in [0.15, 0.2) is 0 Å². The van der Waals surface area contributed by atoms with E-state index in [2.05, 4.69) is 36.8 Å². The predicted octanol–water partition coefficient (Wildman–Crippen LogP) is 4.35. The van der Waals surface area contributed by atoms with Gasteiger partial charge in [0, 0.05) is 21.7 Å². The van der Waals surface area contributed by atoms with E-state index >= 15 is 0 Å². The molecule has 2 fully saturated rings. The van der Waals surface area contributed by atoms with Gasteiger partial charge in [-0.1, -0.05) is 12.8 Å². The molecule has 1 saturated carbocycles. The molecule has 1 saturated heterocycles. The second kappa shape index (κ2) is 6.03. The van der Waals surface area contributed by atoms with Crippen molar-refractivity contribution in [3.05, 3.63) is 26.9 Å². The van der Waals surface area contributed by atoms with E-state index in [0.29, 0.717) is 5.92 Å². The quantitative estimate of drug-likeness (QED) is 0.798. The van der Waals surface area contributed by atoms with Crippen molar-refractivity contribution in [2.45, 2.75) is 50.2 Å². The summed E-state index contributed by atoms with van der Waals surface area (Å²) in [5, 5.41) is 0. The third-order valence-electron chi connectivity index (χ3n) is 4.71. The predicted molar refractivity (Wildman–Crippen MR) is 86.4 cm³/mol. The van der Waals surface area contributed by atoms with Crippen LogP contribution in [0.3, 0.4) is 0 Å². The van der Waals surface area contributed by atoms with Gasteiger partial charge in [0.2, 0.25) is 0 Å². The van der Waals surface area contributed by atoms with Gasteiger partial charge in [-0.15, -0.1) is 0 Å². The van der Waals surface area contributed by atoms with Crippen molar-refractivity contribution < 1.29 is 4.74 Å². The summed E-state index contributed by atoms with van der Waals surface area (Å²) in [5.41, 5.74) is 7.59. The highest BCUT2D eigenvalue weighted by Gasteiger charge is 2.42. The molecule has 2 N–H and O–H groups in total. The maximum atomic E-state index is 6.51. The minimum atomic E-state index is -0.0150. The first-order valence-electron chi connectivity index (χ1n) is 7.30. The summed E-state index contributed by atoms with van der Waals surface area (Å²) in [4.78, 5) is 4.51. The summed E-state index contributed by atoms with van der Waals surface area (Å²) in [6, 6.07) is 2.01. The fraction of sp³-hybridized carbons (Fsp3) is 0.667. The lowest BCUT2D eigenvalue weighted by Crippen LogP contribution is -2.41. The molecule has 20 heavy (non-hydrogen) atoms. The third-order valence-corrected chi connectivity index (χ3v) is 5.77. The first-order chi connectivity index (χ1) is 9.60. The summed E-state index contributed by atoms with van der Waals surface area (Å²) in [7, 11) is 0. The summed E-state index contributed by atoms with van der Waals surface area (Å²) in [6.07, 6.45) is 8.93. The van der Waals surface area contributed by atoms with E-state index in [1.54, 1.807) is 0 Å². The molecule has 2 unspecified atom stereocenters. The maximum Gasteiger partial charge on any atom is 0.0716 e. The molecule has 0 aromatic carbocycles. The Bertz CT molecular complexity index is 489. The Hall–Kier alpha value is 0.0300. The Balaban J connectivity index is 1.77. The average Bonchev–Trinajstić information content (AvgIpc) is 2.86. The van der Waals surface area contributed by atoms with Gasteiger partial charge in [-0.25, -0.2) is 0 Å². The molecule has 3 nitrogen and oxygen atoms in total. The van der Waals surface area contributed by atoms with E-state index in [4.69, 9.17) is 10.5 Å². The fourth-order valence-corrected chi connectivity index (χ4v) is 4.89. The number of rotatable bonds is 2. The molecule has 1 aromatic heterocycles. The molecular weight excluding hydrogens is 384 g/mol. The number of hydrogen-bond donors (Lipinski definition) is 1. The highest BCUT2D eigenvalue weighted by atomic mass is 79.9. The van der Waals surface area contributed by atoms with Crippen molar-refractivity contribution in [1.29, 1.82) is 0 Å². The van der Waals surface area contributed by atoms with Crippen LogP contribution in [-0.2, 0) is 4.74 Å². The highest BCUT2D eigenvalue weighted by molar-refractivity contribution is 9.11. The van der Waals surface area contributed by atoms with Crippen LogP contribution >= 0.6 is 31.9 Å². The van der Waals surface area contributed by atoms with Crippen molar-refractivity contribution in [3.63, 3.8) is 0 Å². The lowest BCUT2D eigenvalue weighted by atomic mass is 9.80. The van der Waals surface area contributed by atoms with Crippen molar-refractivity contribution in [2.75, 3.05) is 6.61 Å². The Morgan fingerprint density at radius 2 is 2.10 bits per heavy atom. The smallest absolute Gasteiger partial charge is 0.0716 e. The molecule has 2 aliphatic rings. The zero-order valence-corrected chi connectivity index (χ0v) is 14.6. The minimum absolute atomic E-state index is 0.0150. The highest BCUT2D eigenvalue weighted by Crippen LogP contribution is 2.45. The van der Waals surface area contributed by atoms with Gasteiger partial charge in [-0.2, -0.15) is 0 Å². The Morgan fingerprint density at radius 1 is 1.35 bits per heavy atom. The molecule has 3 rings (SSSR count). The summed E-state index contributed by atoms with van der Waals surface area (Å²) in [6.45, 7) is 0.840. The molecule has 1 aliphatic heterocycles. The van der Waals surface area contributed by atoms with Crippen LogP contribution < -0.4 is 5.73 Å². The lowest BCUT2D eigenvalue weighted by Gasteiger charge is -2.40. The Kier molecular flexibility index (Phi) is 4.51. The minimum Gasteiger partial charge on any atom is -0.375 e. The number of halogens is 2. The van der Waals surface area contributed by atoms with E-state index in [1.165, 1.54) is 25.7 Å². The van der Waals surface area contributed by atoms with Gasteiger partial charge in [0.1, 0.15) is 0 Å². The monoisotopic (exact) mass is 402 g/mol. The molecule has 2 heterocycles. The van der Waals surface area contributed by atoms with Gasteiger partial charge in [-0.3, -0.25) is 4.98 Å². The van der Waals surface area contributed by atoms with Gasteiger partial charge in [0.05, 0.1) is 17.3 Å². The van der Waals surface area contributed by atoms with E-state index in [9.17, 15) is 0 Å². The molecule has 2 atom stereocenters. The molecule has 1 aromatic rings. The van der Waals surface area contributed by atoms with Crippen LogP contribution in [0.5, 0.6) is 0 Å². The van der Waals surface area contributed by atoms with E-state index in [0.717, 1.165) is 34.1 Å². The Labute approximate surface area is 136 Å². The third kappa shape index (κ3) is 2.96. The molecule has 1 aliphatic carbocycles. The van der Waals surface area contributed by atoms with Crippen LogP contribution in [-0.4, -0.2) is 17.2 Å². The molecule has 110 valence electrons. The second-order valence-corrected chi connectivity index (χ2v) is 7.81. The Morgan fingerprint density at radius 3 is 2.80 bits per heavy atom. The number of hydrogen-bond acceptors (Lipinski definition) is 3. The summed E-state index contributed by atoms with van der Waals surface area (Å²) >= 11 is 7.02. The molecular formula is C15H20Br2N2O.